The van der Waals surface area contributed by atoms with E-state index in [9.17, 15) is 18.0 Å². The lowest BCUT2D eigenvalue weighted by atomic mass is 9.71. The Hall–Kier alpha value is -2.38. The molecule has 3 atom stereocenters. The second-order valence-electron chi connectivity index (χ2n) is 6.96. The minimum Gasteiger partial charge on any atom is -0.461 e. The molecule has 1 fully saturated rings. The van der Waals surface area contributed by atoms with Gasteiger partial charge in [-0.3, -0.25) is 0 Å². The lowest BCUT2D eigenvalue weighted by Gasteiger charge is -2.34. The molecule has 146 valence electrons. The predicted molar refractivity (Wildman–Crippen MR) is 92.4 cm³/mol. The normalized spacial score (nSPS) is 20.8. The van der Waals surface area contributed by atoms with Crippen molar-refractivity contribution >= 4 is 5.97 Å². The summed E-state index contributed by atoms with van der Waals surface area (Å²) in [4.78, 5) is 12.2. The number of aromatic nitrogens is 3. The highest BCUT2D eigenvalue weighted by Crippen LogP contribution is 2.42. The predicted octanol–water partition coefficient (Wildman–Crippen LogP) is 4.60. The minimum atomic E-state index is -4.79. The number of rotatable bonds is 5. The van der Waals surface area contributed by atoms with Crippen LogP contribution in [0, 0.1) is 5.92 Å². The number of alkyl halides is 3. The van der Waals surface area contributed by atoms with Crippen molar-refractivity contribution in [2.24, 2.45) is 5.92 Å². The zero-order chi connectivity index (χ0) is 19.8. The number of esters is 1. The number of hydrogen-bond donors (Lipinski definition) is 0. The summed E-state index contributed by atoms with van der Waals surface area (Å²) in [7, 11) is 0. The van der Waals surface area contributed by atoms with Gasteiger partial charge in [-0.2, -0.15) is 13.2 Å². The van der Waals surface area contributed by atoms with E-state index in [1.54, 1.807) is 6.92 Å². The van der Waals surface area contributed by atoms with Crippen molar-refractivity contribution in [2.75, 3.05) is 6.61 Å². The number of hydrogen-bond acceptors (Lipinski definition) is 4. The number of carbonyl (C=O) groups is 1. The van der Waals surface area contributed by atoms with Gasteiger partial charge in [0.05, 0.1) is 12.6 Å². The van der Waals surface area contributed by atoms with E-state index in [4.69, 9.17) is 4.74 Å². The SMILES string of the molecule is CCOC(=O)c1c(C(F)(F)F)nnn1[C@H](C)c1cccc(C2CCC2C)c1. The second kappa shape index (κ2) is 7.32. The highest BCUT2D eigenvalue weighted by molar-refractivity contribution is 5.89. The van der Waals surface area contributed by atoms with E-state index >= 15 is 0 Å². The van der Waals surface area contributed by atoms with Crippen molar-refractivity contribution in [3.05, 3.63) is 46.8 Å². The van der Waals surface area contributed by atoms with Crippen LogP contribution in [0.4, 0.5) is 13.2 Å². The molecule has 0 bridgehead atoms. The van der Waals surface area contributed by atoms with Gasteiger partial charge in [0, 0.05) is 0 Å². The molecule has 0 aliphatic heterocycles. The molecule has 1 aliphatic carbocycles. The number of nitrogens with zero attached hydrogens (tertiary/aromatic N) is 3. The monoisotopic (exact) mass is 381 g/mol. The largest absolute Gasteiger partial charge is 0.461 e. The first-order valence-electron chi connectivity index (χ1n) is 9.03. The first kappa shape index (κ1) is 19.4. The van der Waals surface area contributed by atoms with Crippen molar-refractivity contribution < 1.29 is 22.7 Å². The average molecular weight is 381 g/mol. The van der Waals surface area contributed by atoms with Crippen molar-refractivity contribution in [3.8, 4) is 0 Å². The quantitative estimate of drug-likeness (QED) is 0.711. The standard InChI is InChI=1S/C19H22F3N3O2/c1-4-27-18(26)16-17(19(20,21)22)23-24-25(16)12(3)13-6-5-7-14(10-13)15-9-8-11(15)2/h5-7,10-12,15H,4,8-9H2,1-3H3/t11?,12-,15?/m1/s1. The van der Waals surface area contributed by atoms with Crippen molar-refractivity contribution in [2.45, 2.75) is 51.7 Å². The van der Waals surface area contributed by atoms with Crippen LogP contribution in [-0.4, -0.2) is 27.6 Å². The Morgan fingerprint density at radius 3 is 2.67 bits per heavy atom. The van der Waals surface area contributed by atoms with Gasteiger partial charge in [-0.15, -0.1) is 5.10 Å². The van der Waals surface area contributed by atoms with Crippen LogP contribution in [0.2, 0.25) is 0 Å². The Labute approximate surface area is 155 Å². The molecule has 1 aromatic carbocycles. The topological polar surface area (TPSA) is 57.0 Å². The third kappa shape index (κ3) is 3.70. The third-order valence-corrected chi connectivity index (χ3v) is 5.24. The van der Waals surface area contributed by atoms with Crippen LogP contribution in [0.15, 0.2) is 24.3 Å². The van der Waals surface area contributed by atoms with Gasteiger partial charge in [-0.1, -0.05) is 36.4 Å². The van der Waals surface area contributed by atoms with E-state index in [1.807, 2.05) is 24.3 Å². The van der Waals surface area contributed by atoms with Crippen LogP contribution in [-0.2, 0) is 10.9 Å². The van der Waals surface area contributed by atoms with Crippen LogP contribution >= 0.6 is 0 Å². The lowest BCUT2D eigenvalue weighted by Crippen LogP contribution is -2.22. The minimum absolute atomic E-state index is 0.0370. The molecule has 2 unspecified atom stereocenters. The molecule has 1 aromatic heterocycles. The van der Waals surface area contributed by atoms with E-state index < -0.39 is 29.6 Å². The Kier molecular flexibility index (Phi) is 5.26. The molecule has 0 saturated heterocycles. The van der Waals surface area contributed by atoms with Gasteiger partial charge in [0.1, 0.15) is 0 Å². The summed E-state index contributed by atoms with van der Waals surface area (Å²) in [5.41, 5.74) is -0.0569. The molecular formula is C19H22F3N3O2. The summed E-state index contributed by atoms with van der Waals surface area (Å²) in [6, 6.07) is 7.13. The van der Waals surface area contributed by atoms with Crippen LogP contribution < -0.4 is 0 Å². The summed E-state index contributed by atoms with van der Waals surface area (Å²) < 4.78 is 45.6. The highest BCUT2D eigenvalue weighted by Gasteiger charge is 2.42. The van der Waals surface area contributed by atoms with Gasteiger partial charge in [-0.25, -0.2) is 9.48 Å². The van der Waals surface area contributed by atoms with Crippen molar-refractivity contribution in [1.82, 2.24) is 15.0 Å². The molecule has 3 rings (SSSR count). The molecule has 0 radical (unpaired) electrons. The van der Waals surface area contributed by atoms with Crippen LogP contribution in [0.5, 0.6) is 0 Å². The Morgan fingerprint density at radius 2 is 2.11 bits per heavy atom. The molecule has 0 amide bonds. The lowest BCUT2D eigenvalue weighted by molar-refractivity contribution is -0.141. The highest BCUT2D eigenvalue weighted by atomic mass is 19.4. The zero-order valence-electron chi connectivity index (χ0n) is 15.5. The molecule has 2 aromatic rings. The van der Waals surface area contributed by atoms with Crippen molar-refractivity contribution in [1.29, 1.82) is 0 Å². The molecule has 5 nitrogen and oxygen atoms in total. The Bertz CT molecular complexity index is 832. The van der Waals surface area contributed by atoms with E-state index in [0.717, 1.165) is 22.2 Å². The summed E-state index contributed by atoms with van der Waals surface area (Å²) in [6.45, 7) is 5.38. The van der Waals surface area contributed by atoms with Gasteiger partial charge >= 0.3 is 12.1 Å². The van der Waals surface area contributed by atoms with E-state index in [1.165, 1.54) is 13.3 Å². The maximum absolute atomic E-state index is 13.3. The molecule has 1 heterocycles. The molecule has 0 N–H and O–H groups in total. The molecule has 0 spiro atoms. The first-order valence-corrected chi connectivity index (χ1v) is 9.03. The van der Waals surface area contributed by atoms with Crippen LogP contribution in [0.3, 0.4) is 0 Å². The van der Waals surface area contributed by atoms with Crippen LogP contribution in [0.1, 0.15) is 72.9 Å². The fraction of sp³-hybridized carbons (Fsp3) is 0.526. The summed E-state index contributed by atoms with van der Waals surface area (Å²) in [5.74, 6) is -0.0255. The van der Waals surface area contributed by atoms with E-state index in [0.29, 0.717) is 11.8 Å². The fourth-order valence-electron chi connectivity index (χ4n) is 3.50. The van der Waals surface area contributed by atoms with Crippen LogP contribution in [0.25, 0.3) is 0 Å². The van der Waals surface area contributed by atoms with Crippen molar-refractivity contribution in [3.63, 3.8) is 0 Å². The maximum atomic E-state index is 13.3. The summed E-state index contributed by atoms with van der Waals surface area (Å²) in [6.07, 6.45) is -2.51. The number of benzene rings is 1. The Morgan fingerprint density at radius 1 is 1.37 bits per heavy atom. The maximum Gasteiger partial charge on any atom is 0.437 e. The smallest absolute Gasteiger partial charge is 0.437 e. The molecule has 27 heavy (non-hydrogen) atoms. The number of carbonyl (C=O) groups excluding carboxylic acids is 1. The third-order valence-electron chi connectivity index (χ3n) is 5.24. The fourth-order valence-corrected chi connectivity index (χ4v) is 3.50. The number of ether oxygens (including phenoxy) is 1. The van der Waals surface area contributed by atoms with Gasteiger partial charge in [0.2, 0.25) is 5.69 Å². The molecule has 1 aliphatic rings. The zero-order valence-corrected chi connectivity index (χ0v) is 15.5. The summed E-state index contributed by atoms with van der Waals surface area (Å²) in [5, 5.41) is 6.85. The van der Waals surface area contributed by atoms with Gasteiger partial charge in [0.15, 0.2) is 5.69 Å². The van der Waals surface area contributed by atoms with Gasteiger partial charge in [0.25, 0.3) is 0 Å². The molecule has 1 saturated carbocycles. The van der Waals surface area contributed by atoms with E-state index in [-0.39, 0.29) is 6.61 Å². The number of halogens is 3. The first-order chi connectivity index (χ1) is 12.7. The van der Waals surface area contributed by atoms with E-state index in [2.05, 4.69) is 17.2 Å². The van der Waals surface area contributed by atoms with Gasteiger partial charge in [-0.05, 0) is 49.7 Å². The summed E-state index contributed by atoms with van der Waals surface area (Å²) >= 11 is 0. The average Bonchev–Trinajstić information content (AvgIpc) is 3.05. The Balaban J connectivity index is 1.99. The molecule has 8 heteroatoms. The molecular weight excluding hydrogens is 359 g/mol. The van der Waals surface area contributed by atoms with Gasteiger partial charge < -0.3 is 4.74 Å². The second-order valence-corrected chi connectivity index (χ2v) is 6.96.